The molecule has 1 aliphatic rings. The molecule has 1 amide bonds. The van der Waals surface area contributed by atoms with Crippen LogP contribution in [-0.2, 0) is 4.79 Å². The van der Waals surface area contributed by atoms with Crippen molar-refractivity contribution in [3.63, 3.8) is 0 Å². The Morgan fingerprint density at radius 1 is 1.69 bits per heavy atom. The molecule has 1 rings (SSSR count). The number of nitrogens with two attached hydrogens (primary N) is 1. The lowest BCUT2D eigenvalue weighted by Gasteiger charge is -2.35. The third-order valence-corrected chi connectivity index (χ3v) is 2.81. The van der Waals surface area contributed by atoms with Gasteiger partial charge in [-0.3, -0.25) is 9.69 Å². The Labute approximate surface area is 80.3 Å². The molecule has 0 aromatic carbocycles. The zero-order valence-corrected chi connectivity index (χ0v) is 8.62. The summed E-state index contributed by atoms with van der Waals surface area (Å²) in [5.41, 5.74) is 5.17. The van der Waals surface area contributed by atoms with Crippen LogP contribution in [0.3, 0.4) is 0 Å². The van der Waals surface area contributed by atoms with Gasteiger partial charge in [-0.25, -0.2) is 0 Å². The van der Waals surface area contributed by atoms with Gasteiger partial charge in [0.2, 0.25) is 5.91 Å². The van der Waals surface area contributed by atoms with Crippen LogP contribution < -0.4 is 5.73 Å². The van der Waals surface area contributed by atoms with Crippen LogP contribution in [0.15, 0.2) is 0 Å². The number of hydrogen-bond donors (Lipinski definition) is 1. The van der Waals surface area contributed by atoms with Crippen LogP contribution in [0.2, 0.25) is 0 Å². The molecule has 0 aliphatic carbocycles. The number of rotatable bonds is 3. The maximum absolute atomic E-state index is 10.7. The molecule has 0 aromatic heterocycles. The van der Waals surface area contributed by atoms with E-state index < -0.39 is 0 Å². The molecule has 0 aromatic rings. The number of nitrogens with zero attached hydrogens (tertiary/aromatic N) is 1. The summed E-state index contributed by atoms with van der Waals surface area (Å²) < 4.78 is 0. The van der Waals surface area contributed by atoms with Gasteiger partial charge in [0.05, 0.1) is 0 Å². The highest BCUT2D eigenvalue weighted by atomic mass is 16.1. The molecule has 0 bridgehead atoms. The van der Waals surface area contributed by atoms with Crippen molar-refractivity contribution in [1.82, 2.24) is 4.90 Å². The first-order valence-corrected chi connectivity index (χ1v) is 5.12. The number of carbonyl (C=O) groups is 1. The van der Waals surface area contributed by atoms with Gasteiger partial charge in [-0.15, -0.1) is 0 Å². The lowest BCUT2D eigenvalue weighted by Crippen LogP contribution is -2.42. The molecule has 1 fully saturated rings. The summed E-state index contributed by atoms with van der Waals surface area (Å²) in [5, 5.41) is 0. The quantitative estimate of drug-likeness (QED) is 0.710. The molecule has 76 valence electrons. The third-order valence-electron chi connectivity index (χ3n) is 2.81. The normalized spacial score (nSPS) is 27.1. The number of piperidine rings is 1. The van der Waals surface area contributed by atoms with E-state index >= 15 is 0 Å². The standard InChI is InChI=1S/C10H20N2O/c1-8-4-3-5-12(7-8)9(2)6-10(11)13/h8-9H,3-7H2,1-2H3,(H2,11,13). The minimum atomic E-state index is -0.189. The lowest BCUT2D eigenvalue weighted by molar-refractivity contribution is -0.119. The van der Waals surface area contributed by atoms with Crippen LogP contribution in [-0.4, -0.2) is 29.9 Å². The van der Waals surface area contributed by atoms with Crippen molar-refractivity contribution in [3.05, 3.63) is 0 Å². The van der Waals surface area contributed by atoms with Crippen molar-refractivity contribution in [2.24, 2.45) is 11.7 Å². The Kier molecular flexibility index (Phi) is 3.72. The zero-order chi connectivity index (χ0) is 9.84. The van der Waals surface area contributed by atoms with E-state index in [-0.39, 0.29) is 5.91 Å². The highest BCUT2D eigenvalue weighted by Crippen LogP contribution is 2.18. The Hall–Kier alpha value is -0.570. The fourth-order valence-electron chi connectivity index (χ4n) is 2.05. The van der Waals surface area contributed by atoms with Crippen molar-refractivity contribution in [1.29, 1.82) is 0 Å². The molecule has 1 saturated heterocycles. The summed E-state index contributed by atoms with van der Waals surface area (Å²) in [6.45, 7) is 6.60. The van der Waals surface area contributed by atoms with E-state index in [0.29, 0.717) is 12.5 Å². The molecule has 1 heterocycles. The summed E-state index contributed by atoms with van der Waals surface area (Å²) in [7, 11) is 0. The second-order valence-electron chi connectivity index (χ2n) is 4.26. The van der Waals surface area contributed by atoms with Gasteiger partial charge in [0, 0.05) is 19.0 Å². The zero-order valence-electron chi connectivity index (χ0n) is 8.62. The van der Waals surface area contributed by atoms with Crippen LogP contribution in [0, 0.1) is 5.92 Å². The van der Waals surface area contributed by atoms with Gasteiger partial charge in [0.25, 0.3) is 0 Å². The molecule has 3 nitrogen and oxygen atoms in total. The predicted octanol–water partition coefficient (Wildman–Crippen LogP) is 0.982. The molecule has 0 radical (unpaired) electrons. The van der Waals surface area contributed by atoms with Crippen molar-refractivity contribution in [3.8, 4) is 0 Å². The highest BCUT2D eigenvalue weighted by molar-refractivity contribution is 5.74. The first-order chi connectivity index (χ1) is 6.09. The number of amides is 1. The van der Waals surface area contributed by atoms with E-state index in [2.05, 4.69) is 18.7 Å². The van der Waals surface area contributed by atoms with E-state index in [1.165, 1.54) is 12.8 Å². The molecule has 0 spiro atoms. The number of carbonyl (C=O) groups excluding carboxylic acids is 1. The fourth-order valence-corrected chi connectivity index (χ4v) is 2.05. The van der Waals surface area contributed by atoms with Crippen molar-refractivity contribution in [2.45, 2.75) is 39.2 Å². The Balaban J connectivity index is 2.36. The Morgan fingerprint density at radius 2 is 2.38 bits per heavy atom. The number of hydrogen-bond acceptors (Lipinski definition) is 2. The smallest absolute Gasteiger partial charge is 0.218 e. The first kappa shape index (κ1) is 10.5. The van der Waals surface area contributed by atoms with Crippen molar-refractivity contribution >= 4 is 5.91 Å². The van der Waals surface area contributed by atoms with Gasteiger partial charge in [-0.1, -0.05) is 6.92 Å². The van der Waals surface area contributed by atoms with Gasteiger partial charge in [-0.2, -0.15) is 0 Å². The van der Waals surface area contributed by atoms with Crippen molar-refractivity contribution in [2.75, 3.05) is 13.1 Å². The van der Waals surface area contributed by atoms with E-state index in [1.54, 1.807) is 0 Å². The molecule has 13 heavy (non-hydrogen) atoms. The molecule has 2 N–H and O–H groups in total. The summed E-state index contributed by atoms with van der Waals surface area (Å²) in [6, 6.07) is 0.320. The van der Waals surface area contributed by atoms with Crippen LogP contribution in [0.5, 0.6) is 0 Å². The second kappa shape index (κ2) is 4.61. The largest absolute Gasteiger partial charge is 0.370 e. The fraction of sp³-hybridized carbons (Fsp3) is 0.900. The molecular formula is C10H20N2O. The third kappa shape index (κ3) is 3.35. The SMILES string of the molecule is CC1CCCN(C(C)CC(N)=O)C1. The average Bonchev–Trinajstić information content (AvgIpc) is 2.03. The van der Waals surface area contributed by atoms with Gasteiger partial charge in [0.15, 0.2) is 0 Å². The molecule has 0 saturated carbocycles. The first-order valence-electron chi connectivity index (χ1n) is 5.12. The maximum atomic E-state index is 10.7. The van der Waals surface area contributed by atoms with E-state index in [9.17, 15) is 4.79 Å². The van der Waals surface area contributed by atoms with Crippen molar-refractivity contribution < 1.29 is 4.79 Å². The number of likely N-dealkylation sites (tertiary alicyclic amines) is 1. The monoisotopic (exact) mass is 184 g/mol. The minimum Gasteiger partial charge on any atom is -0.370 e. The molecule has 3 heteroatoms. The molecule has 2 atom stereocenters. The van der Waals surface area contributed by atoms with Crippen LogP contribution in [0.1, 0.15) is 33.1 Å². The van der Waals surface area contributed by atoms with Gasteiger partial charge < -0.3 is 5.73 Å². The second-order valence-corrected chi connectivity index (χ2v) is 4.26. The summed E-state index contributed by atoms with van der Waals surface area (Å²) >= 11 is 0. The van der Waals surface area contributed by atoms with Crippen LogP contribution >= 0.6 is 0 Å². The summed E-state index contributed by atoms with van der Waals surface area (Å²) in [4.78, 5) is 13.1. The average molecular weight is 184 g/mol. The van der Waals surface area contributed by atoms with Crippen LogP contribution in [0.25, 0.3) is 0 Å². The maximum Gasteiger partial charge on any atom is 0.218 e. The Bertz CT molecular complexity index is 182. The van der Waals surface area contributed by atoms with E-state index in [0.717, 1.165) is 19.0 Å². The van der Waals surface area contributed by atoms with E-state index in [4.69, 9.17) is 5.73 Å². The molecule has 2 unspecified atom stereocenters. The highest BCUT2D eigenvalue weighted by Gasteiger charge is 2.21. The topological polar surface area (TPSA) is 46.3 Å². The Morgan fingerprint density at radius 3 is 2.92 bits per heavy atom. The van der Waals surface area contributed by atoms with E-state index in [1.807, 2.05) is 0 Å². The van der Waals surface area contributed by atoms with Gasteiger partial charge in [0.1, 0.15) is 0 Å². The predicted molar refractivity (Wildman–Crippen MR) is 53.2 cm³/mol. The molecular weight excluding hydrogens is 164 g/mol. The summed E-state index contributed by atoms with van der Waals surface area (Å²) in [5.74, 6) is 0.579. The van der Waals surface area contributed by atoms with Crippen LogP contribution in [0.4, 0.5) is 0 Å². The summed E-state index contributed by atoms with van der Waals surface area (Å²) in [6.07, 6.45) is 3.07. The van der Waals surface area contributed by atoms with Gasteiger partial charge >= 0.3 is 0 Å². The number of primary amides is 1. The molecule has 1 aliphatic heterocycles. The van der Waals surface area contributed by atoms with Gasteiger partial charge in [-0.05, 0) is 32.2 Å². The lowest BCUT2D eigenvalue weighted by atomic mass is 9.98. The minimum absolute atomic E-state index is 0.189.